The molecule has 0 fully saturated rings. The number of carbonyl (C=O) groups excluding carboxylic acids is 3. The minimum Gasteiger partial charge on any atom is -0.545 e. The molecule has 0 aromatic heterocycles. The van der Waals surface area contributed by atoms with Gasteiger partial charge in [0.05, 0.1) is 40.3 Å². The Morgan fingerprint density at radius 3 is 1.12 bits per heavy atom. The highest BCUT2D eigenvalue weighted by Crippen LogP contribution is 2.14. The first-order valence-corrected chi connectivity index (χ1v) is 30.3. The first-order valence-electron chi connectivity index (χ1n) is 30.3. The van der Waals surface area contributed by atoms with Crippen LogP contribution in [0.5, 0.6) is 0 Å². The SMILES string of the molecule is CC/C=C\C/C=C\C/C=C\C/C=C\C/C=C\C/C=C\C/C=C\C/C=C\C/C=C\C/C=C\CCCCCCCCC(=O)OC(COC(=O)CCCCCCC/C=C\CCCCCCCC)COC(OCC[N+](C)(C)C)C(=O)[O-]. The molecule has 0 saturated carbocycles. The first-order chi connectivity index (χ1) is 37.6. The van der Waals surface area contributed by atoms with Gasteiger partial charge in [0.15, 0.2) is 12.4 Å². The highest BCUT2D eigenvalue weighted by molar-refractivity contribution is 5.70. The minimum absolute atomic E-state index is 0.137. The van der Waals surface area contributed by atoms with Crippen molar-refractivity contribution in [3.05, 3.63) is 134 Å². The Hall–Kier alpha value is -4.57. The van der Waals surface area contributed by atoms with E-state index in [9.17, 15) is 19.5 Å². The van der Waals surface area contributed by atoms with Gasteiger partial charge in [-0.1, -0.05) is 225 Å². The average Bonchev–Trinajstić information content (AvgIpc) is 3.40. The molecule has 0 spiro atoms. The molecule has 2 unspecified atom stereocenters. The summed E-state index contributed by atoms with van der Waals surface area (Å²) in [5.74, 6) is -2.33. The summed E-state index contributed by atoms with van der Waals surface area (Å²) >= 11 is 0. The molecule has 0 aliphatic heterocycles. The van der Waals surface area contributed by atoms with E-state index in [0.29, 0.717) is 17.4 Å². The third-order valence-corrected chi connectivity index (χ3v) is 12.4. The van der Waals surface area contributed by atoms with Crippen LogP contribution in [0.4, 0.5) is 0 Å². The maximum atomic E-state index is 12.9. The van der Waals surface area contributed by atoms with Crippen molar-refractivity contribution in [2.45, 2.75) is 232 Å². The average molecular weight is 1070 g/mol. The van der Waals surface area contributed by atoms with Crippen molar-refractivity contribution in [1.29, 1.82) is 0 Å². The van der Waals surface area contributed by atoms with Gasteiger partial charge >= 0.3 is 11.9 Å². The van der Waals surface area contributed by atoms with Crippen LogP contribution in [0.25, 0.3) is 0 Å². The summed E-state index contributed by atoms with van der Waals surface area (Å²) in [6, 6.07) is 0. The van der Waals surface area contributed by atoms with E-state index < -0.39 is 24.3 Å². The molecule has 0 bridgehead atoms. The number of carbonyl (C=O) groups is 3. The smallest absolute Gasteiger partial charge is 0.306 e. The monoisotopic (exact) mass is 1070 g/mol. The molecule has 436 valence electrons. The Morgan fingerprint density at radius 1 is 0.403 bits per heavy atom. The zero-order valence-electron chi connectivity index (χ0n) is 49.5. The number of hydrogen-bond acceptors (Lipinski definition) is 8. The number of nitrogens with zero attached hydrogens (tertiary/aromatic N) is 1. The highest BCUT2D eigenvalue weighted by atomic mass is 16.7. The number of rotatable bonds is 54. The maximum absolute atomic E-state index is 12.9. The second-order valence-electron chi connectivity index (χ2n) is 20.9. The van der Waals surface area contributed by atoms with Crippen LogP contribution in [0.15, 0.2) is 134 Å². The molecule has 0 aromatic rings. The molecule has 2 atom stereocenters. The van der Waals surface area contributed by atoms with Gasteiger partial charge in [-0.2, -0.15) is 0 Å². The molecule has 0 radical (unpaired) electrons. The summed E-state index contributed by atoms with van der Waals surface area (Å²) in [7, 11) is 5.90. The maximum Gasteiger partial charge on any atom is 0.306 e. The van der Waals surface area contributed by atoms with Crippen molar-refractivity contribution >= 4 is 17.9 Å². The lowest BCUT2D eigenvalue weighted by molar-refractivity contribution is -0.870. The summed E-state index contributed by atoms with van der Waals surface area (Å²) in [5, 5.41) is 11.8. The lowest BCUT2D eigenvalue weighted by Gasteiger charge is -2.26. The molecule has 0 saturated heterocycles. The van der Waals surface area contributed by atoms with Gasteiger partial charge in [0.25, 0.3) is 0 Å². The zero-order valence-corrected chi connectivity index (χ0v) is 49.5. The Bertz CT molecular complexity index is 1720. The molecule has 0 amide bonds. The van der Waals surface area contributed by atoms with Gasteiger partial charge in [-0.25, -0.2) is 0 Å². The van der Waals surface area contributed by atoms with Crippen molar-refractivity contribution in [1.82, 2.24) is 0 Å². The van der Waals surface area contributed by atoms with Crippen molar-refractivity contribution in [2.24, 2.45) is 0 Å². The topological polar surface area (TPSA) is 111 Å². The molecule has 0 rings (SSSR count). The van der Waals surface area contributed by atoms with Crippen LogP contribution in [0.1, 0.15) is 219 Å². The van der Waals surface area contributed by atoms with E-state index in [4.69, 9.17) is 18.9 Å². The fourth-order valence-electron chi connectivity index (χ4n) is 7.73. The largest absolute Gasteiger partial charge is 0.545 e. The Morgan fingerprint density at radius 2 is 0.740 bits per heavy atom. The zero-order chi connectivity index (χ0) is 56.2. The van der Waals surface area contributed by atoms with Crippen LogP contribution in [0, 0.1) is 0 Å². The summed E-state index contributed by atoms with van der Waals surface area (Å²) in [5.41, 5.74) is 0. The number of aliphatic carboxylic acids is 1. The number of carboxylic acids is 1. The third-order valence-electron chi connectivity index (χ3n) is 12.4. The molecule has 0 aliphatic carbocycles. The van der Waals surface area contributed by atoms with E-state index in [-0.39, 0.29) is 38.6 Å². The molecule has 0 aromatic carbocycles. The molecular formula is C68H111NO8. The van der Waals surface area contributed by atoms with Crippen molar-refractivity contribution in [3.63, 3.8) is 0 Å². The van der Waals surface area contributed by atoms with E-state index >= 15 is 0 Å². The molecule has 77 heavy (non-hydrogen) atoms. The van der Waals surface area contributed by atoms with Gasteiger partial charge in [0.1, 0.15) is 13.2 Å². The van der Waals surface area contributed by atoms with Crippen LogP contribution in [0.3, 0.4) is 0 Å². The van der Waals surface area contributed by atoms with E-state index in [1.54, 1.807) is 0 Å². The van der Waals surface area contributed by atoms with Crippen LogP contribution < -0.4 is 5.11 Å². The minimum atomic E-state index is -1.63. The molecule has 0 N–H and O–H groups in total. The van der Waals surface area contributed by atoms with E-state index in [2.05, 4.69) is 148 Å². The third kappa shape index (κ3) is 58.9. The van der Waals surface area contributed by atoms with E-state index in [1.165, 1.54) is 44.9 Å². The molecule has 0 aliphatic rings. The van der Waals surface area contributed by atoms with Gasteiger partial charge in [0.2, 0.25) is 0 Å². The van der Waals surface area contributed by atoms with E-state index in [1.807, 2.05) is 21.1 Å². The molecule has 9 nitrogen and oxygen atoms in total. The fraction of sp³-hybridized carbons (Fsp3) is 0.632. The predicted octanol–water partition coefficient (Wildman–Crippen LogP) is 16.9. The summed E-state index contributed by atoms with van der Waals surface area (Å²) in [4.78, 5) is 37.3. The predicted molar refractivity (Wildman–Crippen MR) is 324 cm³/mol. The molecular weight excluding hydrogens is 959 g/mol. The Balaban J connectivity index is 4.25. The van der Waals surface area contributed by atoms with Gasteiger partial charge in [-0.15, -0.1) is 0 Å². The van der Waals surface area contributed by atoms with Crippen LogP contribution in [0.2, 0.25) is 0 Å². The van der Waals surface area contributed by atoms with Crippen molar-refractivity contribution < 1.29 is 42.9 Å². The number of esters is 2. The van der Waals surface area contributed by atoms with Crippen molar-refractivity contribution in [2.75, 3.05) is 47.5 Å². The Kier molecular flexibility index (Phi) is 54.2. The standard InChI is InChI=1S/C68H111NO8/c1-6-8-10-12-14-16-18-20-22-23-24-25-26-27-28-29-30-31-32-33-34-35-36-37-38-39-40-41-42-43-45-47-49-51-53-55-57-59-66(71)77-64(63-76-68(67(72)73)74-61-60-69(3,4)5)62-75-65(70)58-56-54-52-50-48-46-44-21-19-17-15-13-11-9-7-2/h8,10,14,16,20-22,24-25,27-28,30-31,33-34,36-37,39-40,42-44,64,68H,6-7,9,11-13,15,17-19,23,26,29,32,35,38,41,45-63H2,1-5H3/b10-8-,16-14-,22-20-,25-24-,28-27-,31-30-,34-33-,37-36-,40-39-,43-42-,44-21-. The highest BCUT2D eigenvalue weighted by Gasteiger charge is 2.22. The Labute approximate surface area is 471 Å². The number of ether oxygens (including phenoxy) is 4. The normalized spacial score (nSPS) is 13.7. The molecule has 9 heteroatoms. The van der Waals surface area contributed by atoms with Crippen molar-refractivity contribution in [3.8, 4) is 0 Å². The number of hydrogen-bond donors (Lipinski definition) is 0. The summed E-state index contributed by atoms with van der Waals surface area (Å²) in [6.07, 6.45) is 79.3. The lowest BCUT2D eigenvalue weighted by Crippen LogP contribution is -2.44. The number of allylic oxidation sites excluding steroid dienone is 22. The van der Waals surface area contributed by atoms with Gasteiger partial charge in [-0.05, 0) is 116 Å². The number of unbranched alkanes of at least 4 members (excludes halogenated alkanes) is 17. The van der Waals surface area contributed by atoms with Gasteiger partial charge < -0.3 is 33.3 Å². The van der Waals surface area contributed by atoms with Crippen LogP contribution >= 0.6 is 0 Å². The fourth-order valence-corrected chi connectivity index (χ4v) is 7.73. The summed E-state index contributed by atoms with van der Waals surface area (Å²) in [6.45, 7) is 4.58. The number of likely N-dealkylation sites (N-methyl/N-ethyl adjacent to an activating group) is 1. The lowest BCUT2D eigenvalue weighted by atomic mass is 10.1. The summed E-state index contributed by atoms with van der Waals surface area (Å²) < 4.78 is 22.6. The molecule has 0 heterocycles. The van der Waals surface area contributed by atoms with Crippen LogP contribution in [-0.4, -0.2) is 82.3 Å². The second kappa shape index (κ2) is 57.6. The second-order valence-corrected chi connectivity index (χ2v) is 20.9. The van der Waals surface area contributed by atoms with Gasteiger partial charge in [-0.3, -0.25) is 9.59 Å². The first kappa shape index (κ1) is 72.4. The number of quaternary nitrogens is 1. The number of carboxylic acid groups (broad SMARTS) is 1. The van der Waals surface area contributed by atoms with E-state index in [0.717, 1.165) is 141 Å². The van der Waals surface area contributed by atoms with Crippen LogP contribution in [-0.2, 0) is 33.3 Å². The quantitative estimate of drug-likeness (QED) is 0.0195. The van der Waals surface area contributed by atoms with Gasteiger partial charge in [0, 0.05) is 12.8 Å².